The SMILES string of the molecule is Cc1nn(C(=O)c2cc([N+](=O)[O-])ccc2Cl)c(C)c1[N+](=O)[O-]. The van der Waals surface area contributed by atoms with E-state index in [1.54, 1.807) is 0 Å². The van der Waals surface area contributed by atoms with Crippen LogP contribution in [0.3, 0.4) is 0 Å². The maximum atomic E-state index is 12.4. The normalized spacial score (nSPS) is 10.5. The van der Waals surface area contributed by atoms with Crippen LogP contribution in [0.5, 0.6) is 0 Å². The smallest absolute Gasteiger partial charge is 0.267 e. The molecule has 0 atom stereocenters. The quantitative estimate of drug-likeness (QED) is 0.632. The van der Waals surface area contributed by atoms with Gasteiger partial charge in [-0.25, -0.2) is 0 Å². The number of rotatable bonds is 3. The Bertz CT molecular complexity index is 814. The first-order valence-electron chi connectivity index (χ1n) is 5.93. The van der Waals surface area contributed by atoms with E-state index in [1.807, 2.05) is 0 Å². The number of hydrogen-bond donors (Lipinski definition) is 0. The van der Waals surface area contributed by atoms with Crippen molar-refractivity contribution in [3.05, 3.63) is 60.4 Å². The summed E-state index contributed by atoms with van der Waals surface area (Å²) in [5.74, 6) is -0.776. The summed E-state index contributed by atoms with van der Waals surface area (Å²) in [6.07, 6.45) is 0. The molecular weight excluding hydrogens is 316 g/mol. The largest absolute Gasteiger partial charge is 0.313 e. The summed E-state index contributed by atoms with van der Waals surface area (Å²) in [5, 5.41) is 25.5. The second kappa shape index (κ2) is 5.53. The predicted octanol–water partition coefficient (Wildman–Crippen LogP) is 2.66. The Balaban J connectivity index is 2.58. The summed E-state index contributed by atoms with van der Waals surface area (Å²) in [7, 11) is 0. The van der Waals surface area contributed by atoms with Crippen molar-refractivity contribution in [3.63, 3.8) is 0 Å². The second-order valence-corrected chi connectivity index (χ2v) is 4.82. The number of aryl methyl sites for hydroxylation is 1. The van der Waals surface area contributed by atoms with Crippen molar-refractivity contribution in [2.45, 2.75) is 13.8 Å². The van der Waals surface area contributed by atoms with Gasteiger partial charge in [0, 0.05) is 12.1 Å². The van der Waals surface area contributed by atoms with E-state index >= 15 is 0 Å². The third-order valence-corrected chi connectivity index (χ3v) is 3.35. The fourth-order valence-electron chi connectivity index (χ4n) is 2.00. The van der Waals surface area contributed by atoms with Gasteiger partial charge in [0.25, 0.3) is 11.6 Å². The van der Waals surface area contributed by atoms with Crippen LogP contribution in [0.15, 0.2) is 18.2 Å². The van der Waals surface area contributed by atoms with E-state index in [9.17, 15) is 25.0 Å². The number of nitro benzene ring substituents is 1. The molecule has 0 amide bonds. The van der Waals surface area contributed by atoms with Crippen LogP contribution in [0.4, 0.5) is 11.4 Å². The third-order valence-electron chi connectivity index (χ3n) is 3.02. The Labute approximate surface area is 128 Å². The molecule has 0 bridgehead atoms. The lowest BCUT2D eigenvalue weighted by Crippen LogP contribution is -2.16. The lowest BCUT2D eigenvalue weighted by molar-refractivity contribution is -0.386. The number of carbonyl (C=O) groups excluding carboxylic acids is 1. The van der Waals surface area contributed by atoms with Gasteiger partial charge >= 0.3 is 5.69 Å². The molecule has 0 radical (unpaired) electrons. The summed E-state index contributed by atoms with van der Waals surface area (Å²) in [5.41, 5.74) is -0.664. The number of halogens is 1. The summed E-state index contributed by atoms with van der Waals surface area (Å²) in [6, 6.07) is 3.38. The van der Waals surface area contributed by atoms with Crippen molar-refractivity contribution in [2.75, 3.05) is 0 Å². The number of hydrogen-bond acceptors (Lipinski definition) is 6. The fraction of sp³-hybridized carbons (Fsp3) is 0.167. The van der Waals surface area contributed by atoms with Crippen LogP contribution in [0.1, 0.15) is 21.7 Å². The van der Waals surface area contributed by atoms with Crippen LogP contribution in [0, 0.1) is 34.1 Å². The van der Waals surface area contributed by atoms with E-state index < -0.39 is 15.8 Å². The van der Waals surface area contributed by atoms with E-state index in [2.05, 4.69) is 5.10 Å². The van der Waals surface area contributed by atoms with Crippen molar-refractivity contribution in [1.29, 1.82) is 0 Å². The molecule has 0 spiro atoms. The van der Waals surface area contributed by atoms with E-state index in [0.29, 0.717) is 0 Å². The van der Waals surface area contributed by atoms with Crippen LogP contribution in [0.25, 0.3) is 0 Å². The molecule has 0 saturated carbocycles. The zero-order valence-electron chi connectivity index (χ0n) is 11.4. The first-order valence-corrected chi connectivity index (χ1v) is 6.31. The molecule has 10 heteroatoms. The Morgan fingerprint density at radius 2 is 1.86 bits per heavy atom. The topological polar surface area (TPSA) is 121 Å². The van der Waals surface area contributed by atoms with Gasteiger partial charge in [0.2, 0.25) is 0 Å². The molecule has 22 heavy (non-hydrogen) atoms. The molecule has 0 N–H and O–H groups in total. The average Bonchev–Trinajstić information content (AvgIpc) is 2.73. The van der Waals surface area contributed by atoms with Crippen LogP contribution >= 0.6 is 11.6 Å². The summed E-state index contributed by atoms with van der Waals surface area (Å²) in [6.45, 7) is 2.76. The van der Waals surface area contributed by atoms with E-state index in [-0.39, 0.29) is 33.3 Å². The first-order chi connectivity index (χ1) is 10.2. The Morgan fingerprint density at radius 1 is 1.23 bits per heavy atom. The average molecular weight is 325 g/mol. The molecule has 0 unspecified atom stereocenters. The standard InChI is InChI=1S/C12H9ClN4O5/c1-6-11(17(21)22)7(2)15(14-6)12(18)9-5-8(16(19)20)3-4-10(9)13/h3-5H,1-2H3. The maximum absolute atomic E-state index is 12.4. The van der Waals surface area contributed by atoms with Gasteiger partial charge in [-0.15, -0.1) is 0 Å². The predicted molar refractivity (Wildman–Crippen MR) is 76.2 cm³/mol. The monoisotopic (exact) mass is 324 g/mol. The highest BCUT2D eigenvalue weighted by atomic mass is 35.5. The van der Waals surface area contributed by atoms with Crippen LogP contribution in [-0.4, -0.2) is 25.5 Å². The lowest BCUT2D eigenvalue weighted by atomic mass is 10.2. The number of nitrogens with zero attached hydrogens (tertiary/aromatic N) is 4. The van der Waals surface area contributed by atoms with Crippen LogP contribution in [-0.2, 0) is 0 Å². The summed E-state index contributed by atoms with van der Waals surface area (Å²) < 4.78 is 0.818. The van der Waals surface area contributed by atoms with Gasteiger partial charge in [0.15, 0.2) is 0 Å². The molecule has 114 valence electrons. The van der Waals surface area contributed by atoms with E-state index in [1.165, 1.54) is 19.9 Å². The van der Waals surface area contributed by atoms with Gasteiger partial charge in [0.1, 0.15) is 11.4 Å². The van der Waals surface area contributed by atoms with Crippen molar-refractivity contribution in [1.82, 2.24) is 9.78 Å². The molecule has 0 fully saturated rings. The Morgan fingerprint density at radius 3 is 2.36 bits per heavy atom. The van der Waals surface area contributed by atoms with Gasteiger partial charge < -0.3 is 0 Å². The Hall–Kier alpha value is -2.81. The highest BCUT2D eigenvalue weighted by Crippen LogP contribution is 2.26. The number of non-ortho nitro benzene ring substituents is 1. The number of aromatic nitrogens is 2. The lowest BCUT2D eigenvalue weighted by Gasteiger charge is -2.04. The summed E-state index contributed by atoms with van der Waals surface area (Å²) in [4.78, 5) is 32.8. The fourth-order valence-corrected chi connectivity index (χ4v) is 2.20. The van der Waals surface area contributed by atoms with Crippen molar-refractivity contribution in [2.24, 2.45) is 0 Å². The van der Waals surface area contributed by atoms with Gasteiger partial charge in [-0.2, -0.15) is 9.78 Å². The number of benzene rings is 1. The molecule has 0 aliphatic rings. The van der Waals surface area contributed by atoms with Gasteiger partial charge in [-0.05, 0) is 19.9 Å². The molecule has 2 aromatic rings. The third kappa shape index (κ3) is 2.53. The van der Waals surface area contributed by atoms with Gasteiger partial charge in [-0.3, -0.25) is 25.0 Å². The zero-order valence-corrected chi connectivity index (χ0v) is 12.2. The van der Waals surface area contributed by atoms with E-state index in [0.717, 1.165) is 16.8 Å². The molecule has 2 rings (SSSR count). The Kier molecular flexibility index (Phi) is 3.91. The maximum Gasteiger partial charge on any atom is 0.313 e. The highest BCUT2D eigenvalue weighted by Gasteiger charge is 2.27. The second-order valence-electron chi connectivity index (χ2n) is 4.41. The van der Waals surface area contributed by atoms with Crippen molar-refractivity contribution < 1.29 is 14.6 Å². The number of nitro groups is 2. The molecule has 9 nitrogen and oxygen atoms in total. The van der Waals surface area contributed by atoms with E-state index in [4.69, 9.17) is 11.6 Å². The molecule has 1 heterocycles. The van der Waals surface area contributed by atoms with Crippen molar-refractivity contribution >= 4 is 28.9 Å². The minimum Gasteiger partial charge on any atom is -0.267 e. The molecular formula is C12H9ClN4O5. The number of carbonyl (C=O) groups is 1. The highest BCUT2D eigenvalue weighted by molar-refractivity contribution is 6.34. The molecule has 1 aromatic carbocycles. The van der Waals surface area contributed by atoms with Crippen LogP contribution < -0.4 is 0 Å². The summed E-state index contributed by atoms with van der Waals surface area (Å²) >= 11 is 5.89. The minimum atomic E-state index is -0.776. The molecule has 1 aromatic heterocycles. The zero-order chi connectivity index (χ0) is 16.6. The first kappa shape index (κ1) is 15.6. The minimum absolute atomic E-state index is 0.00851. The van der Waals surface area contributed by atoms with Crippen molar-refractivity contribution in [3.8, 4) is 0 Å². The molecule has 0 saturated heterocycles. The van der Waals surface area contributed by atoms with Gasteiger partial charge in [0.05, 0.1) is 20.4 Å². The molecule has 0 aliphatic heterocycles. The van der Waals surface area contributed by atoms with Crippen LogP contribution in [0.2, 0.25) is 5.02 Å². The van der Waals surface area contributed by atoms with Gasteiger partial charge in [-0.1, -0.05) is 11.6 Å². The molecule has 0 aliphatic carbocycles.